The number of nitrogens with two attached hydrogens (primary N) is 1. The molecule has 2 heterocycles. The third kappa shape index (κ3) is 2.67. The van der Waals surface area contributed by atoms with E-state index >= 15 is 0 Å². The molecule has 24 heavy (non-hydrogen) atoms. The molecule has 1 saturated heterocycles. The highest BCUT2D eigenvalue weighted by atomic mass is 19.1. The summed E-state index contributed by atoms with van der Waals surface area (Å²) in [5, 5.41) is 1.95. The minimum atomic E-state index is -0.319. The zero-order valence-corrected chi connectivity index (χ0v) is 13.2. The highest BCUT2D eigenvalue weighted by Crippen LogP contribution is 2.33. The Labute approximate surface area is 139 Å². The van der Waals surface area contributed by atoms with Crippen LogP contribution in [-0.4, -0.2) is 31.3 Å². The molecule has 1 fully saturated rings. The van der Waals surface area contributed by atoms with Crippen LogP contribution in [0.5, 0.6) is 0 Å². The van der Waals surface area contributed by atoms with Crippen molar-refractivity contribution in [1.82, 2.24) is 4.98 Å². The number of nitrogen functional groups attached to an aromatic ring is 1. The van der Waals surface area contributed by atoms with Crippen molar-refractivity contribution >= 4 is 22.3 Å². The molecule has 0 radical (unpaired) electrons. The first-order valence-electron chi connectivity index (χ1n) is 8.00. The van der Waals surface area contributed by atoms with Crippen molar-refractivity contribution in [1.29, 1.82) is 0 Å². The van der Waals surface area contributed by atoms with Gasteiger partial charge >= 0.3 is 0 Å². The van der Waals surface area contributed by atoms with Crippen molar-refractivity contribution in [3.8, 4) is 11.3 Å². The quantitative estimate of drug-likeness (QED) is 0.734. The standard InChI is InChI=1S/C19H18FN3O/c20-17-6-5-14(21)12-16(17)19-15-4-2-1-3-13(15)11-18(22-19)23-7-9-24-10-8-23/h1-6,11-12H,7-10,21H2. The average Bonchev–Trinajstić information content (AvgIpc) is 2.63. The zero-order chi connectivity index (χ0) is 16.5. The lowest BCUT2D eigenvalue weighted by Gasteiger charge is -2.28. The van der Waals surface area contributed by atoms with Crippen molar-refractivity contribution in [2.24, 2.45) is 0 Å². The van der Waals surface area contributed by atoms with E-state index < -0.39 is 0 Å². The third-order valence-electron chi connectivity index (χ3n) is 4.31. The summed E-state index contributed by atoms with van der Waals surface area (Å²) < 4.78 is 19.8. The van der Waals surface area contributed by atoms with E-state index in [9.17, 15) is 4.39 Å². The third-order valence-corrected chi connectivity index (χ3v) is 4.31. The highest BCUT2D eigenvalue weighted by molar-refractivity contribution is 5.96. The van der Waals surface area contributed by atoms with E-state index in [1.54, 1.807) is 12.1 Å². The first kappa shape index (κ1) is 14.9. The number of halogens is 1. The van der Waals surface area contributed by atoms with Gasteiger partial charge in [0.1, 0.15) is 11.6 Å². The van der Waals surface area contributed by atoms with Crippen LogP contribution in [0.1, 0.15) is 0 Å². The predicted octanol–water partition coefficient (Wildman–Crippen LogP) is 3.46. The van der Waals surface area contributed by atoms with Gasteiger partial charge in [-0.05, 0) is 29.7 Å². The molecule has 122 valence electrons. The van der Waals surface area contributed by atoms with Crippen LogP contribution in [0.2, 0.25) is 0 Å². The Morgan fingerprint density at radius 1 is 1.04 bits per heavy atom. The molecule has 1 aromatic heterocycles. The largest absolute Gasteiger partial charge is 0.399 e. The Kier molecular flexibility index (Phi) is 3.78. The molecule has 2 N–H and O–H groups in total. The molecule has 1 aliphatic heterocycles. The fourth-order valence-corrected chi connectivity index (χ4v) is 3.07. The first-order chi connectivity index (χ1) is 11.7. The van der Waals surface area contributed by atoms with Crippen LogP contribution in [0.4, 0.5) is 15.9 Å². The number of morpholine rings is 1. The van der Waals surface area contributed by atoms with Crippen LogP contribution in [0.15, 0.2) is 48.5 Å². The second-order valence-electron chi connectivity index (χ2n) is 5.89. The van der Waals surface area contributed by atoms with Crippen LogP contribution < -0.4 is 10.6 Å². The van der Waals surface area contributed by atoms with E-state index in [4.69, 9.17) is 15.5 Å². The number of nitrogens with zero attached hydrogens (tertiary/aromatic N) is 2. The van der Waals surface area contributed by atoms with Crippen molar-refractivity contribution in [3.63, 3.8) is 0 Å². The topological polar surface area (TPSA) is 51.4 Å². The molecule has 4 nitrogen and oxygen atoms in total. The van der Waals surface area contributed by atoms with E-state index in [0.29, 0.717) is 30.2 Å². The number of rotatable bonds is 2. The van der Waals surface area contributed by atoms with E-state index in [2.05, 4.69) is 4.90 Å². The van der Waals surface area contributed by atoms with Crippen molar-refractivity contribution < 1.29 is 9.13 Å². The molecule has 1 aliphatic rings. The fraction of sp³-hybridized carbons (Fsp3) is 0.211. The summed E-state index contributed by atoms with van der Waals surface area (Å²) in [7, 11) is 0. The smallest absolute Gasteiger partial charge is 0.132 e. The van der Waals surface area contributed by atoms with Crippen molar-refractivity contribution in [2.75, 3.05) is 36.9 Å². The minimum absolute atomic E-state index is 0.319. The molecular weight excluding hydrogens is 305 g/mol. The molecule has 0 saturated carbocycles. The Morgan fingerprint density at radius 3 is 2.67 bits per heavy atom. The van der Waals surface area contributed by atoms with Gasteiger partial charge in [0, 0.05) is 29.7 Å². The van der Waals surface area contributed by atoms with E-state index in [-0.39, 0.29) is 5.82 Å². The Hall–Kier alpha value is -2.66. The van der Waals surface area contributed by atoms with Gasteiger partial charge in [0.2, 0.25) is 0 Å². The minimum Gasteiger partial charge on any atom is -0.399 e. The molecule has 3 aromatic rings. The number of fused-ring (bicyclic) bond motifs is 1. The molecule has 0 bridgehead atoms. The average molecular weight is 323 g/mol. The summed E-state index contributed by atoms with van der Waals surface area (Å²) in [5.41, 5.74) is 7.45. The maximum Gasteiger partial charge on any atom is 0.132 e. The van der Waals surface area contributed by atoms with Gasteiger partial charge in [0.05, 0.1) is 18.9 Å². The van der Waals surface area contributed by atoms with Gasteiger partial charge in [-0.1, -0.05) is 24.3 Å². The van der Waals surface area contributed by atoms with Gasteiger partial charge < -0.3 is 15.4 Å². The lowest BCUT2D eigenvalue weighted by Crippen LogP contribution is -2.36. The maximum atomic E-state index is 14.4. The maximum absolute atomic E-state index is 14.4. The number of benzene rings is 2. The summed E-state index contributed by atoms with van der Waals surface area (Å²) in [4.78, 5) is 6.94. The number of ether oxygens (including phenoxy) is 1. The van der Waals surface area contributed by atoms with E-state index in [0.717, 1.165) is 29.7 Å². The molecule has 0 amide bonds. The summed E-state index contributed by atoms with van der Waals surface area (Å²) in [5.74, 6) is 0.523. The molecule has 5 heteroatoms. The lowest BCUT2D eigenvalue weighted by atomic mass is 10.0. The molecule has 0 spiro atoms. The summed E-state index contributed by atoms with van der Waals surface area (Å²) in [6.07, 6.45) is 0. The molecule has 4 rings (SSSR count). The number of hydrogen-bond donors (Lipinski definition) is 1. The van der Waals surface area contributed by atoms with Gasteiger partial charge in [-0.25, -0.2) is 9.37 Å². The SMILES string of the molecule is Nc1ccc(F)c(-c2nc(N3CCOCC3)cc3ccccc23)c1. The number of pyridine rings is 1. The van der Waals surface area contributed by atoms with Gasteiger partial charge in [-0.3, -0.25) is 0 Å². The molecular formula is C19H18FN3O. The highest BCUT2D eigenvalue weighted by Gasteiger charge is 2.17. The van der Waals surface area contributed by atoms with Crippen molar-refractivity contribution in [2.45, 2.75) is 0 Å². The Balaban J connectivity index is 1.93. The van der Waals surface area contributed by atoms with E-state index in [1.807, 2.05) is 30.3 Å². The fourth-order valence-electron chi connectivity index (χ4n) is 3.07. The molecule has 0 atom stereocenters. The van der Waals surface area contributed by atoms with Gasteiger partial charge in [-0.15, -0.1) is 0 Å². The van der Waals surface area contributed by atoms with Crippen molar-refractivity contribution in [3.05, 3.63) is 54.3 Å². The normalized spacial score (nSPS) is 15.0. The summed E-state index contributed by atoms with van der Waals surface area (Å²) in [6.45, 7) is 2.92. The van der Waals surface area contributed by atoms with E-state index in [1.165, 1.54) is 6.07 Å². The second kappa shape index (κ2) is 6.09. The summed E-state index contributed by atoms with van der Waals surface area (Å²) in [6, 6.07) is 14.5. The number of hydrogen-bond acceptors (Lipinski definition) is 4. The van der Waals surface area contributed by atoms with Gasteiger partial charge in [0.25, 0.3) is 0 Å². The second-order valence-corrected chi connectivity index (χ2v) is 5.89. The summed E-state index contributed by atoms with van der Waals surface area (Å²) >= 11 is 0. The predicted molar refractivity (Wildman–Crippen MR) is 94.6 cm³/mol. The van der Waals surface area contributed by atoms with Crippen LogP contribution in [0, 0.1) is 5.82 Å². The Bertz CT molecular complexity index is 891. The molecule has 2 aromatic carbocycles. The molecule has 0 aliphatic carbocycles. The monoisotopic (exact) mass is 323 g/mol. The zero-order valence-electron chi connectivity index (χ0n) is 13.2. The van der Waals surface area contributed by atoms with Crippen LogP contribution in [0.3, 0.4) is 0 Å². The van der Waals surface area contributed by atoms with Crippen LogP contribution in [-0.2, 0) is 4.74 Å². The van der Waals surface area contributed by atoms with Crippen LogP contribution >= 0.6 is 0 Å². The number of aromatic nitrogens is 1. The van der Waals surface area contributed by atoms with Crippen LogP contribution in [0.25, 0.3) is 22.0 Å². The van der Waals surface area contributed by atoms with Gasteiger partial charge in [-0.2, -0.15) is 0 Å². The van der Waals surface area contributed by atoms with Gasteiger partial charge in [0.15, 0.2) is 0 Å². The number of anilines is 2. The lowest BCUT2D eigenvalue weighted by molar-refractivity contribution is 0.122. The first-order valence-corrected chi connectivity index (χ1v) is 8.00. The molecule has 0 unspecified atom stereocenters. The Morgan fingerprint density at radius 2 is 1.83 bits per heavy atom.